The first-order valence-corrected chi connectivity index (χ1v) is 17.4. The Labute approximate surface area is 309 Å². The van der Waals surface area contributed by atoms with Gasteiger partial charge in [0.05, 0.1) is 6.42 Å². The molecular weight excluding hydrogens is 659 g/mol. The normalized spacial score (nSPS) is 12.4. The van der Waals surface area contributed by atoms with Crippen molar-refractivity contribution in [3.63, 3.8) is 0 Å². The van der Waals surface area contributed by atoms with Gasteiger partial charge in [0, 0.05) is 29.4 Å². The number of anilines is 1. The molecule has 7 rings (SSSR count). The van der Waals surface area contributed by atoms with Gasteiger partial charge in [0.15, 0.2) is 6.10 Å². The molecule has 7 nitrogen and oxygen atoms in total. The molecule has 1 unspecified atom stereocenters. The molecule has 0 heterocycles. The van der Waals surface area contributed by atoms with Crippen molar-refractivity contribution in [1.29, 1.82) is 0 Å². The number of nitrogens with one attached hydrogen (secondary N) is 2. The van der Waals surface area contributed by atoms with Crippen LogP contribution in [-0.4, -0.2) is 35.9 Å². The van der Waals surface area contributed by atoms with Gasteiger partial charge < -0.3 is 15.4 Å². The molecule has 6 aromatic rings. The first kappa shape index (κ1) is 34.5. The lowest BCUT2D eigenvalue weighted by molar-refractivity contribution is -0.128. The molecule has 0 saturated carbocycles. The zero-order valence-corrected chi connectivity index (χ0v) is 29.1. The second-order valence-corrected chi connectivity index (χ2v) is 12.9. The lowest BCUT2D eigenvalue weighted by Crippen LogP contribution is -2.52. The summed E-state index contributed by atoms with van der Waals surface area (Å²) in [6.45, 7) is 0. The van der Waals surface area contributed by atoms with Gasteiger partial charge in [-0.2, -0.15) is 0 Å². The number of rotatable bonds is 10. The fourth-order valence-corrected chi connectivity index (χ4v) is 7.05. The summed E-state index contributed by atoms with van der Waals surface area (Å²) in [6.07, 6.45) is 3.73. The summed E-state index contributed by atoms with van der Waals surface area (Å²) in [7, 11) is 1.48. The van der Waals surface area contributed by atoms with Gasteiger partial charge in [-0.25, -0.2) is 4.79 Å². The SMILES string of the molecule is C#Cc1ccc(NC(=O)C(CC(=O)NC(c2ccccc2)(c2ccccc2)c2ccccc2)N(C)C(=O)OC2c3ccccc3-c3ccccc32)cc1. The molecule has 0 radical (unpaired) electrons. The predicted octanol–water partition coefficient (Wildman–Crippen LogP) is 8.31. The van der Waals surface area contributed by atoms with Crippen molar-refractivity contribution in [1.82, 2.24) is 10.2 Å². The van der Waals surface area contributed by atoms with Crippen molar-refractivity contribution in [3.05, 3.63) is 197 Å². The number of ether oxygens (including phenoxy) is 1. The molecule has 2 N–H and O–H groups in total. The van der Waals surface area contributed by atoms with Crippen molar-refractivity contribution in [2.45, 2.75) is 24.1 Å². The first-order chi connectivity index (χ1) is 25.9. The molecular formula is C46H37N3O4. The Kier molecular flexibility index (Phi) is 9.86. The van der Waals surface area contributed by atoms with Gasteiger partial charge in [0.2, 0.25) is 11.8 Å². The van der Waals surface area contributed by atoms with Crippen LogP contribution in [0.25, 0.3) is 11.1 Å². The highest BCUT2D eigenvalue weighted by atomic mass is 16.6. The van der Waals surface area contributed by atoms with Crippen molar-refractivity contribution in [3.8, 4) is 23.5 Å². The smallest absolute Gasteiger partial charge is 0.411 e. The minimum absolute atomic E-state index is 0.369. The molecule has 260 valence electrons. The lowest BCUT2D eigenvalue weighted by Gasteiger charge is -2.37. The zero-order chi connectivity index (χ0) is 36.8. The topological polar surface area (TPSA) is 87.7 Å². The second kappa shape index (κ2) is 15.1. The molecule has 6 aromatic carbocycles. The van der Waals surface area contributed by atoms with Crippen LogP contribution in [0.2, 0.25) is 0 Å². The van der Waals surface area contributed by atoms with Crippen molar-refractivity contribution < 1.29 is 19.1 Å². The van der Waals surface area contributed by atoms with E-state index in [4.69, 9.17) is 11.2 Å². The zero-order valence-electron chi connectivity index (χ0n) is 29.1. The number of carbonyl (C=O) groups is 3. The Morgan fingerprint density at radius 3 is 1.60 bits per heavy atom. The predicted molar refractivity (Wildman–Crippen MR) is 207 cm³/mol. The van der Waals surface area contributed by atoms with Crippen LogP contribution < -0.4 is 10.6 Å². The summed E-state index contributed by atoms with van der Waals surface area (Å²) < 4.78 is 6.18. The van der Waals surface area contributed by atoms with Crippen molar-refractivity contribution in [2.75, 3.05) is 12.4 Å². The van der Waals surface area contributed by atoms with Gasteiger partial charge in [-0.1, -0.05) is 145 Å². The molecule has 0 saturated heterocycles. The number of amides is 3. The second-order valence-electron chi connectivity index (χ2n) is 12.9. The fraction of sp³-hybridized carbons (Fsp3) is 0.109. The van der Waals surface area contributed by atoms with E-state index in [2.05, 4.69) is 16.6 Å². The number of terminal acetylenes is 1. The van der Waals surface area contributed by atoms with E-state index in [1.807, 2.05) is 140 Å². The van der Waals surface area contributed by atoms with Gasteiger partial charge in [0.1, 0.15) is 11.6 Å². The highest BCUT2D eigenvalue weighted by Gasteiger charge is 2.40. The van der Waals surface area contributed by atoms with E-state index in [9.17, 15) is 14.4 Å². The summed E-state index contributed by atoms with van der Waals surface area (Å²) in [5.41, 5.74) is 6.12. The number of carbonyl (C=O) groups excluding carboxylic acids is 3. The minimum atomic E-state index is -1.26. The summed E-state index contributed by atoms with van der Waals surface area (Å²) in [5.74, 6) is 1.54. The molecule has 1 aliphatic rings. The van der Waals surface area contributed by atoms with Crippen LogP contribution in [0.15, 0.2) is 164 Å². The Hall–Kier alpha value is -6.91. The molecule has 0 aliphatic heterocycles. The maximum Gasteiger partial charge on any atom is 0.411 e. The largest absolute Gasteiger partial charge is 0.436 e. The van der Waals surface area contributed by atoms with Crippen molar-refractivity contribution >= 4 is 23.6 Å². The quantitative estimate of drug-likeness (QED) is 0.112. The monoisotopic (exact) mass is 695 g/mol. The summed E-state index contributed by atoms with van der Waals surface area (Å²) in [5, 5.41) is 6.20. The fourth-order valence-electron chi connectivity index (χ4n) is 7.05. The van der Waals surface area contributed by atoms with Crippen LogP contribution in [0.5, 0.6) is 0 Å². The van der Waals surface area contributed by atoms with Gasteiger partial charge in [-0.15, -0.1) is 6.42 Å². The maximum atomic E-state index is 14.5. The van der Waals surface area contributed by atoms with Crippen LogP contribution in [0.3, 0.4) is 0 Å². The molecule has 0 bridgehead atoms. The standard InChI is InChI=1S/C46H37N3O4/c1-3-32-27-29-36(30-28-32)47-44(51)41(49(2)45(52)53-43-39-25-15-13-23-37(39)38-24-14-16-26-40(38)43)31-42(50)48-46(33-17-7-4-8-18-33,34-19-9-5-10-20-34)35-21-11-6-12-22-35/h1,4-30,41,43H,31H2,2H3,(H,47,51)(H,48,50). The Morgan fingerprint density at radius 1 is 0.679 bits per heavy atom. The van der Waals surface area contributed by atoms with Crippen LogP contribution in [-0.2, 0) is 19.9 Å². The highest BCUT2D eigenvalue weighted by Crippen LogP contribution is 2.45. The average Bonchev–Trinajstić information content (AvgIpc) is 3.53. The van der Waals surface area contributed by atoms with E-state index >= 15 is 0 Å². The highest BCUT2D eigenvalue weighted by molar-refractivity contribution is 5.99. The van der Waals surface area contributed by atoms with E-state index < -0.39 is 35.6 Å². The molecule has 0 fully saturated rings. The van der Waals surface area contributed by atoms with E-state index in [0.29, 0.717) is 11.3 Å². The van der Waals surface area contributed by atoms with Crippen molar-refractivity contribution in [2.24, 2.45) is 0 Å². The summed E-state index contributed by atoms with van der Waals surface area (Å²) in [6, 6.07) is 50.1. The molecule has 0 spiro atoms. The Bertz CT molecular complexity index is 2140. The third kappa shape index (κ3) is 6.91. The summed E-state index contributed by atoms with van der Waals surface area (Å²) in [4.78, 5) is 44.0. The van der Waals surface area contributed by atoms with Gasteiger partial charge >= 0.3 is 6.09 Å². The van der Waals surface area contributed by atoms with E-state index in [0.717, 1.165) is 38.9 Å². The number of hydrogen-bond acceptors (Lipinski definition) is 4. The Balaban J connectivity index is 1.23. The van der Waals surface area contributed by atoms with Gasteiger partial charge in [0.25, 0.3) is 0 Å². The third-order valence-electron chi connectivity index (χ3n) is 9.70. The summed E-state index contributed by atoms with van der Waals surface area (Å²) >= 11 is 0. The average molecular weight is 696 g/mol. The van der Waals surface area contributed by atoms with Crippen LogP contribution in [0, 0.1) is 12.3 Å². The molecule has 7 heteroatoms. The van der Waals surface area contributed by atoms with Crippen LogP contribution >= 0.6 is 0 Å². The number of fused-ring (bicyclic) bond motifs is 3. The number of nitrogens with zero attached hydrogens (tertiary/aromatic N) is 1. The van der Waals surface area contributed by atoms with Gasteiger partial charge in [-0.05, 0) is 52.1 Å². The molecule has 3 amide bonds. The van der Waals surface area contributed by atoms with Crippen LogP contribution in [0.4, 0.5) is 10.5 Å². The number of hydrogen-bond donors (Lipinski definition) is 2. The first-order valence-electron chi connectivity index (χ1n) is 17.4. The molecule has 53 heavy (non-hydrogen) atoms. The van der Waals surface area contributed by atoms with E-state index in [-0.39, 0.29) is 6.42 Å². The van der Waals surface area contributed by atoms with Crippen LogP contribution in [0.1, 0.15) is 45.9 Å². The maximum absolute atomic E-state index is 14.5. The number of benzene rings is 6. The lowest BCUT2D eigenvalue weighted by atomic mass is 9.77. The third-order valence-corrected chi connectivity index (χ3v) is 9.70. The number of likely N-dealkylation sites (N-methyl/N-ethyl adjacent to an activating group) is 1. The van der Waals surface area contributed by atoms with E-state index in [1.165, 1.54) is 11.9 Å². The molecule has 1 atom stereocenters. The Morgan fingerprint density at radius 2 is 1.13 bits per heavy atom. The minimum Gasteiger partial charge on any atom is -0.436 e. The molecule has 0 aromatic heterocycles. The van der Waals surface area contributed by atoms with Gasteiger partial charge in [-0.3, -0.25) is 14.5 Å². The molecule has 1 aliphatic carbocycles. The van der Waals surface area contributed by atoms with E-state index in [1.54, 1.807) is 24.3 Å².